The molecule has 4 heteroatoms. The van der Waals surface area contributed by atoms with Crippen molar-refractivity contribution in [2.75, 3.05) is 0 Å². The molecule has 0 amide bonds. The Morgan fingerprint density at radius 2 is 0.667 bits per heavy atom. The SMILES string of the molecule is N#Cc1ccc(-c2ccc(-c3cc4ccccc4cc3-c3ccc(-c4nc(-c5ccccc5)nc(-c5ccccc5)n4)cc3)cc2)cc1. The molecule has 48 heavy (non-hydrogen) atoms. The summed E-state index contributed by atoms with van der Waals surface area (Å²) in [6.45, 7) is 0. The van der Waals surface area contributed by atoms with Gasteiger partial charge < -0.3 is 0 Å². The Morgan fingerprint density at radius 3 is 1.08 bits per heavy atom. The van der Waals surface area contributed by atoms with Crippen LogP contribution in [0.1, 0.15) is 5.56 Å². The van der Waals surface area contributed by atoms with E-state index in [1.807, 2.05) is 84.9 Å². The summed E-state index contributed by atoms with van der Waals surface area (Å²) < 4.78 is 0. The maximum atomic E-state index is 9.18. The van der Waals surface area contributed by atoms with E-state index in [1.54, 1.807) is 0 Å². The lowest BCUT2D eigenvalue weighted by Crippen LogP contribution is -2.00. The molecule has 1 heterocycles. The van der Waals surface area contributed by atoms with Crippen molar-refractivity contribution in [1.82, 2.24) is 15.0 Å². The smallest absolute Gasteiger partial charge is 0.164 e. The largest absolute Gasteiger partial charge is 0.208 e. The van der Waals surface area contributed by atoms with E-state index in [9.17, 15) is 5.26 Å². The molecule has 0 radical (unpaired) electrons. The van der Waals surface area contributed by atoms with Crippen molar-refractivity contribution >= 4 is 10.8 Å². The van der Waals surface area contributed by atoms with Crippen molar-refractivity contribution in [3.63, 3.8) is 0 Å². The fraction of sp³-hybridized carbons (Fsp3) is 0. The van der Waals surface area contributed by atoms with Gasteiger partial charge in [0.05, 0.1) is 11.6 Å². The van der Waals surface area contributed by atoms with Crippen LogP contribution in [-0.4, -0.2) is 15.0 Å². The van der Waals surface area contributed by atoms with Crippen LogP contribution >= 0.6 is 0 Å². The van der Waals surface area contributed by atoms with Crippen LogP contribution in [0.2, 0.25) is 0 Å². The molecule has 0 aliphatic rings. The van der Waals surface area contributed by atoms with Crippen molar-refractivity contribution in [3.8, 4) is 73.6 Å². The summed E-state index contributed by atoms with van der Waals surface area (Å²) in [5.41, 5.74) is 10.2. The highest BCUT2D eigenvalue weighted by molar-refractivity contribution is 5.96. The first-order valence-electron chi connectivity index (χ1n) is 15.8. The predicted molar refractivity (Wildman–Crippen MR) is 195 cm³/mol. The van der Waals surface area contributed by atoms with Gasteiger partial charge in [-0.25, -0.2) is 15.0 Å². The monoisotopic (exact) mass is 612 g/mol. The third kappa shape index (κ3) is 5.73. The van der Waals surface area contributed by atoms with E-state index in [0.29, 0.717) is 23.0 Å². The molecule has 0 unspecified atom stereocenters. The van der Waals surface area contributed by atoms with Crippen molar-refractivity contribution in [2.24, 2.45) is 0 Å². The standard InChI is InChI=1S/C44H28N4/c45-29-30-15-17-31(18-16-30)32-19-21-33(22-20-32)40-27-38-13-7-8-14-39(38)28-41(40)34-23-25-37(26-24-34)44-47-42(35-9-3-1-4-10-35)46-43(48-44)36-11-5-2-6-12-36/h1-28H. The molecule has 0 N–H and O–H groups in total. The zero-order valence-corrected chi connectivity index (χ0v) is 26.0. The summed E-state index contributed by atoms with van der Waals surface area (Å²) in [6.07, 6.45) is 0. The van der Waals surface area contributed by atoms with Crippen LogP contribution < -0.4 is 0 Å². The van der Waals surface area contributed by atoms with Gasteiger partial charge in [0.2, 0.25) is 0 Å². The summed E-state index contributed by atoms with van der Waals surface area (Å²) in [7, 11) is 0. The summed E-state index contributed by atoms with van der Waals surface area (Å²) in [5, 5.41) is 11.6. The molecule has 0 saturated heterocycles. The average Bonchev–Trinajstić information content (AvgIpc) is 3.18. The first-order valence-corrected chi connectivity index (χ1v) is 15.8. The number of hydrogen-bond acceptors (Lipinski definition) is 4. The lowest BCUT2D eigenvalue weighted by Gasteiger charge is -2.14. The number of hydrogen-bond donors (Lipinski definition) is 0. The van der Waals surface area contributed by atoms with Gasteiger partial charge in [0.1, 0.15) is 0 Å². The zero-order valence-electron chi connectivity index (χ0n) is 26.0. The van der Waals surface area contributed by atoms with Gasteiger partial charge >= 0.3 is 0 Å². The Balaban J connectivity index is 1.19. The molecule has 0 bridgehead atoms. The van der Waals surface area contributed by atoms with E-state index in [4.69, 9.17) is 15.0 Å². The highest BCUT2D eigenvalue weighted by Crippen LogP contribution is 2.37. The average molecular weight is 613 g/mol. The van der Waals surface area contributed by atoms with Gasteiger partial charge in [-0.05, 0) is 68.4 Å². The van der Waals surface area contributed by atoms with E-state index in [-0.39, 0.29) is 0 Å². The number of nitrogens with zero attached hydrogens (tertiary/aromatic N) is 4. The van der Waals surface area contributed by atoms with E-state index in [0.717, 1.165) is 50.1 Å². The Morgan fingerprint density at radius 1 is 0.333 bits per heavy atom. The summed E-state index contributed by atoms with van der Waals surface area (Å²) in [4.78, 5) is 14.7. The Labute approximate surface area is 279 Å². The molecular weight excluding hydrogens is 585 g/mol. The molecule has 8 aromatic rings. The number of benzene rings is 7. The number of aromatic nitrogens is 3. The second-order valence-corrected chi connectivity index (χ2v) is 11.6. The van der Waals surface area contributed by atoms with Crippen LogP contribution in [0.15, 0.2) is 170 Å². The number of nitriles is 1. The molecule has 0 spiro atoms. The first kappa shape index (κ1) is 28.8. The fourth-order valence-corrected chi connectivity index (χ4v) is 6.03. The molecule has 0 saturated carbocycles. The Kier molecular flexibility index (Phi) is 7.54. The van der Waals surface area contributed by atoms with Gasteiger partial charge in [-0.2, -0.15) is 5.26 Å². The minimum absolute atomic E-state index is 0.631. The molecule has 8 rings (SSSR count). The molecule has 224 valence electrons. The van der Waals surface area contributed by atoms with Gasteiger partial charge in [0, 0.05) is 16.7 Å². The van der Waals surface area contributed by atoms with E-state index >= 15 is 0 Å². The predicted octanol–water partition coefficient (Wildman–Crippen LogP) is 10.9. The Bertz CT molecular complexity index is 2350. The van der Waals surface area contributed by atoms with Gasteiger partial charge in [-0.1, -0.05) is 146 Å². The van der Waals surface area contributed by atoms with Gasteiger partial charge in [-0.3, -0.25) is 0 Å². The lowest BCUT2D eigenvalue weighted by molar-refractivity contribution is 1.07. The summed E-state index contributed by atoms with van der Waals surface area (Å²) >= 11 is 0. The molecule has 0 fully saturated rings. The third-order valence-electron chi connectivity index (χ3n) is 8.58. The van der Waals surface area contributed by atoms with Gasteiger partial charge in [0.15, 0.2) is 17.5 Å². The van der Waals surface area contributed by atoms with Crippen molar-refractivity contribution in [2.45, 2.75) is 0 Å². The Hall–Kier alpha value is -6.70. The zero-order chi connectivity index (χ0) is 32.3. The molecule has 4 nitrogen and oxygen atoms in total. The fourth-order valence-electron chi connectivity index (χ4n) is 6.03. The second kappa shape index (κ2) is 12.6. The van der Waals surface area contributed by atoms with Crippen molar-refractivity contribution in [3.05, 3.63) is 175 Å². The van der Waals surface area contributed by atoms with Crippen LogP contribution in [0, 0.1) is 11.3 Å². The normalized spacial score (nSPS) is 10.9. The van der Waals surface area contributed by atoms with E-state index < -0.39 is 0 Å². The topological polar surface area (TPSA) is 62.5 Å². The molecule has 0 aliphatic heterocycles. The lowest BCUT2D eigenvalue weighted by atomic mass is 9.90. The quantitative estimate of drug-likeness (QED) is 0.187. The number of fused-ring (bicyclic) bond motifs is 1. The number of rotatable bonds is 6. The van der Waals surface area contributed by atoms with Gasteiger partial charge in [0.25, 0.3) is 0 Å². The minimum Gasteiger partial charge on any atom is -0.208 e. The first-order chi connectivity index (χ1) is 23.7. The van der Waals surface area contributed by atoms with Crippen LogP contribution in [-0.2, 0) is 0 Å². The maximum absolute atomic E-state index is 9.18. The highest BCUT2D eigenvalue weighted by Gasteiger charge is 2.14. The maximum Gasteiger partial charge on any atom is 0.164 e. The molecule has 1 aromatic heterocycles. The highest BCUT2D eigenvalue weighted by atomic mass is 15.0. The van der Waals surface area contributed by atoms with E-state index in [1.165, 1.54) is 10.8 Å². The van der Waals surface area contributed by atoms with Crippen LogP contribution in [0.4, 0.5) is 0 Å². The molecular formula is C44H28N4. The molecule has 0 aliphatic carbocycles. The van der Waals surface area contributed by atoms with E-state index in [2.05, 4.69) is 91.0 Å². The molecule has 7 aromatic carbocycles. The van der Waals surface area contributed by atoms with Gasteiger partial charge in [-0.15, -0.1) is 0 Å². The summed E-state index contributed by atoms with van der Waals surface area (Å²) in [6, 6.07) is 60.2. The van der Waals surface area contributed by atoms with Crippen LogP contribution in [0.5, 0.6) is 0 Å². The van der Waals surface area contributed by atoms with Crippen molar-refractivity contribution in [1.29, 1.82) is 5.26 Å². The van der Waals surface area contributed by atoms with Crippen LogP contribution in [0.25, 0.3) is 78.3 Å². The molecule has 0 atom stereocenters. The summed E-state index contributed by atoms with van der Waals surface area (Å²) in [5.74, 6) is 1.92. The van der Waals surface area contributed by atoms with Crippen molar-refractivity contribution < 1.29 is 0 Å². The van der Waals surface area contributed by atoms with Crippen LogP contribution in [0.3, 0.4) is 0 Å². The second-order valence-electron chi connectivity index (χ2n) is 11.6. The minimum atomic E-state index is 0.631. The third-order valence-corrected chi connectivity index (χ3v) is 8.58.